The predicted octanol–water partition coefficient (Wildman–Crippen LogP) is 1.99. The standard InChI is InChI=1S/C23H28N4O4S2/c1-5-24-18(28)16(19(29)25(6-2)22(24)32)15(14-12-10-9-11-13-14)17-20(30)26(7-3)23(33)27(8-4)21(17)31/h9-13,15-17H,5-8H2,1-4H3. The first-order chi connectivity index (χ1) is 15.7. The number of hydrogen-bond donors (Lipinski definition) is 0. The van der Waals surface area contributed by atoms with Gasteiger partial charge in [-0.2, -0.15) is 0 Å². The van der Waals surface area contributed by atoms with Gasteiger partial charge in [-0.1, -0.05) is 30.3 Å². The highest BCUT2D eigenvalue weighted by Gasteiger charge is 2.55. The summed E-state index contributed by atoms with van der Waals surface area (Å²) in [5.74, 6) is -5.50. The van der Waals surface area contributed by atoms with Crippen molar-refractivity contribution in [3.05, 3.63) is 35.9 Å². The van der Waals surface area contributed by atoms with Gasteiger partial charge < -0.3 is 0 Å². The summed E-state index contributed by atoms with van der Waals surface area (Å²) >= 11 is 10.8. The Kier molecular flexibility index (Phi) is 7.58. The fourth-order valence-electron chi connectivity index (χ4n) is 4.58. The molecule has 4 amide bonds. The highest BCUT2D eigenvalue weighted by molar-refractivity contribution is 7.80. The van der Waals surface area contributed by atoms with Gasteiger partial charge in [-0.25, -0.2) is 0 Å². The Morgan fingerprint density at radius 3 is 1.21 bits per heavy atom. The van der Waals surface area contributed by atoms with E-state index in [2.05, 4.69) is 0 Å². The van der Waals surface area contributed by atoms with Crippen LogP contribution in [0.1, 0.15) is 39.2 Å². The molecular formula is C23H28N4O4S2. The van der Waals surface area contributed by atoms with Crippen LogP contribution >= 0.6 is 24.4 Å². The van der Waals surface area contributed by atoms with Gasteiger partial charge in [-0.05, 0) is 57.7 Å². The van der Waals surface area contributed by atoms with Gasteiger partial charge in [0.1, 0.15) is 11.8 Å². The topological polar surface area (TPSA) is 81.2 Å². The average molecular weight is 489 g/mol. The lowest BCUT2D eigenvalue weighted by molar-refractivity contribution is -0.153. The summed E-state index contributed by atoms with van der Waals surface area (Å²) in [4.78, 5) is 59.9. The first-order valence-corrected chi connectivity index (χ1v) is 11.9. The SMILES string of the molecule is CCN1C(=O)C(C(c2ccccc2)C2C(=O)N(CC)C(=S)N(CC)C2=O)C(=O)N(CC)C1=S. The molecule has 8 nitrogen and oxygen atoms in total. The lowest BCUT2D eigenvalue weighted by Crippen LogP contribution is -2.65. The molecule has 2 aliphatic heterocycles. The maximum Gasteiger partial charge on any atom is 0.242 e. The van der Waals surface area contributed by atoms with Gasteiger partial charge in [-0.3, -0.25) is 38.8 Å². The summed E-state index contributed by atoms with van der Waals surface area (Å²) in [6.45, 7) is 8.20. The quantitative estimate of drug-likeness (QED) is 0.431. The van der Waals surface area contributed by atoms with Gasteiger partial charge in [0, 0.05) is 32.1 Å². The van der Waals surface area contributed by atoms with Crippen LogP contribution < -0.4 is 0 Å². The van der Waals surface area contributed by atoms with E-state index < -0.39 is 41.4 Å². The van der Waals surface area contributed by atoms with Crippen molar-refractivity contribution in [2.24, 2.45) is 11.8 Å². The van der Waals surface area contributed by atoms with Gasteiger partial charge >= 0.3 is 0 Å². The minimum Gasteiger partial charge on any atom is -0.288 e. The monoisotopic (exact) mass is 488 g/mol. The third kappa shape index (κ3) is 4.06. The largest absolute Gasteiger partial charge is 0.288 e. The van der Waals surface area contributed by atoms with Gasteiger partial charge in [0.15, 0.2) is 10.2 Å². The molecule has 2 heterocycles. The molecule has 176 valence electrons. The molecule has 3 rings (SSSR count). The number of carbonyl (C=O) groups is 4. The van der Waals surface area contributed by atoms with Crippen molar-refractivity contribution < 1.29 is 19.2 Å². The Hall–Kier alpha value is -2.72. The van der Waals surface area contributed by atoms with E-state index in [1.165, 1.54) is 19.6 Å². The fraction of sp³-hybridized carbons (Fsp3) is 0.478. The van der Waals surface area contributed by atoms with Crippen LogP contribution in [-0.4, -0.2) is 79.6 Å². The zero-order valence-corrected chi connectivity index (χ0v) is 20.8. The molecule has 2 saturated heterocycles. The second-order valence-corrected chi connectivity index (χ2v) is 8.52. The third-order valence-electron chi connectivity index (χ3n) is 6.22. The fourth-order valence-corrected chi connectivity index (χ4v) is 5.46. The van der Waals surface area contributed by atoms with Crippen LogP contribution in [0.5, 0.6) is 0 Å². The van der Waals surface area contributed by atoms with Crippen molar-refractivity contribution in [2.75, 3.05) is 26.2 Å². The molecule has 0 atom stereocenters. The van der Waals surface area contributed by atoms with Crippen LogP contribution in [0.15, 0.2) is 30.3 Å². The number of nitrogens with zero attached hydrogens (tertiary/aromatic N) is 4. The molecule has 0 unspecified atom stereocenters. The van der Waals surface area contributed by atoms with E-state index in [4.69, 9.17) is 24.4 Å². The molecule has 2 fully saturated rings. The number of thiocarbonyl (C=S) groups is 2. The molecule has 10 heteroatoms. The molecule has 0 aliphatic carbocycles. The number of amides is 4. The van der Waals surface area contributed by atoms with Gasteiger partial charge in [0.2, 0.25) is 23.6 Å². The minimum atomic E-state index is -1.26. The zero-order valence-electron chi connectivity index (χ0n) is 19.2. The Labute approximate surface area is 204 Å². The second kappa shape index (κ2) is 10.0. The summed E-state index contributed by atoms with van der Waals surface area (Å²) in [7, 11) is 0. The Balaban J connectivity index is 2.22. The van der Waals surface area contributed by atoms with E-state index in [0.717, 1.165) is 0 Å². The maximum absolute atomic E-state index is 13.6. The van der Waals surface area contributed by atoms with E-state index in [-0.39, 0.29) is 36.4 Å². The molecule has 2 aliphatic rings. The second-order valence-electron chi connectivity index (χ2n) is 7.79. The molecule has 0 aromatic heterocycles. The summed E-state index contributed by atoms with van der Waals surface area (Å²) in [6, 6.07) is 8.80. The predicted molar refractivity (Wildman–Crippen MR) is 131 cm³/mol. The van der Waals surface area contributed by atoms with Crippen molar-refractivity contribution in [1.29, 1.82) is 0 Å². The van der Waals surface area contributed by atoms with Gasteiger partial charge in [-0.15, -0.1) is 0 Å². The zero-order chi connectivity index (χ0) is 24.4. The van der Waals surface area contributed by atoms with Crippen molar-refractivity contribution in [2.45, 2.75) is 33.6 Å². The van der Waals surface area contributed by atoms with Crippen LogP contribution in [0.4, 0.5) is 0 Å². The van der Waals surface area contributed by atoms with Crippen molar-refractivity contribution >= 4 is 58.3 Å². The smallest absolute Gasteiger partial charge is 0.242 e. The van der Waals surface area contributed by atoms with Crippen LogP contribution in [0, 0.1) is 11.8 Å². The highest BCUT2D eigenvalue weighted by Crippen LogP contribution is 2.40. The van der Waals surface area contributed by atoms with E-state index in [1.54, 1.807) is 58.0 Å². The summed E-state index contributed by atoms with van der Waals surface area (Å²) in [5, 5.41) is 0.289. The first-order valence-electron chi connectivity index (χ1n) is 11.1. The number of hydrogen-bond acceptors (Lipinski definition) is 6. The maximum atomic E-state index is 13.6. The van der Waals surface area contributed by atoms with Crippen LogP contribution in [0.2, 0.25) is 0 Å². The minimum absolute atomic E-state index is 0.144. The number of rotatable bonds is 7. The lowest BCUT2D eigenvalue weighted by atomic mass is 9.73. The van der Waals surface area contributed by atoms with Crippen LogP contribution in [0.3, 0.4) is 0 Å². The molecule has 0 saturated carbocycles. The summed E-state index contributed by atoms with van der Waals surface area (Å²) in [6.07, 6.45) is 0. The van der Waals surface area contributed by atoms with Crippen molar-refractivity contribution in [1.82, 2.24) is 19.6 Å². The molecule has 33 heavy (non-hydrogen) atoms. The first kappa shape index (κ1) is 24.9. The van der Waals surface area contributed by atoms with E-state index in [1.807, 2.05) is 0 Å². The lowest BCUT2D eigenvalue weighted by Gasteiger charge is -2.45. The Morgan fingerprint density at radius 1 is 0.636 bits per heavy atom. The van der Waals surface area contributed by atoms with Gasteiger partial charge in [0.25, 0.3) is 0 Å². The highest BCUT2D eigenvalue weighted by atomic mass is 32.1. The van der Waals surface area contributed by atoms with Crippen LogP contribution in [-0.2, 0) is 19.2 Å². The summed E-state index contributed by atoms with van der Waals surface area (Å²) in [5.41, 5.74) is 0.566. The summed E-state index contributed by atoms with van der Waals surface area (Å²) < 4.78 is 0. The normalized spacial score (nSPS) is 18.9. The molecular weight excluding hydrogens is 460 g/mol. The van der Waals surface area contributed by atoms with E-state index >= 15 is 0 Å². The van der Waals surface area contributed by atoms with E-state index in [0.29, 0.717) is 5.56 Å². The Bertz CT molecular complexity index is 887. The molecule has 0 N–H and O–H groups in total. The van der Waals surface area contributed by atoms with Gasteiger partial charge in [0.05, 0.1) is 0 Å². The molecule has 1 aromatic rings. The molecule has 0 bridgehead atoms. The molecule has 0 radical (unpaired) electrons. The third-order valence-corrected chi connectivity index (χ3v) is 7.10. The van der Waals surface area contributed by atoms with Crippen LogP contribution in [0.25, 0.3) is 0 Å². The average Bonchev–Trinajstić information content (AvgIpc) is 2.79. The van der Waals surface area contributed by atoms with E-state index in [9.17, 15) is 19.2 Å². The molecule has 1 aromatic carbocycles. The number of carbonyl (C=O) groups excluding carboxylic acids is 4. The number of benzene rings is 1. The van der Waals surface area contributed by atoms with Crippen molar-refractivity contribution in [3.8, 4) is 0 Å². The molecule has 0 spiro atoms. The van der Waals surface area contributed by atoms with Crippen molar-refractivity contribution in [3.63, 3.8) is 0 Å². The Morgan fingerprint density at radius 2 is 0.939 bits per heavy atom.